The minimum atomic E-state index is -1.83. The third-order valence-corrected chi connectivity index (χ3v) is 5.71. The molecular weight excluding hydrogens is 384 g/mol. The Morgan fingerprint density at radius 1 is 1.33 bits per heavy atom. The molecule has 8 heteroatoms. The Bertz CT molecular complexity index is 1370. The third-order valence-electron chi connectivity index (χ3n) is 5.71. The summed E-state index contributed by atoms with van der Waals surface area (Å²) < 4.78 is 6.69. The van der Waals surface area contributed by atoms with E-state index in [1.54, 1.807) is 23.8 Å². The van der Waals surface area contributed by atoms with Crippen LogP contribution < -0.4 is 11.3 Å². The molecule has 0 fully saturated rings. The van der Waals surface area contributed by atoms with E-state index < -0.39 is 11.6 Å². The molecule has 0 aliphatic carbocycles. The summed E-state index contributed by atoms with van der Waals surface area (Å²) in [6, 6.07) is 5.50. The zero-order valence-corrected chi connectivity index (χ0v) is 16.2. The summed E-state index contributed by atoms with van der Waals surface area (Å²) in [7, 11) is 0. The molecule has 0 saturated heterocycles. The highest BCUT2D eigenvalue weighted by molar-refractivity contribution is 5.86. The zero-order chi connectivity index (χ0) is 21.0. The number of carbonyl (C=O) groups is 1. The van der Waals surface area contributed by atoms with Crippen molar-refractivity contribution in [3.63, 3.8) is 0 Å². The number of cyclic esters (lactones) is 1. The van der Waals surface area contributed by atoms with Gasteiger partial charge in [-0.15, -0.1) is 0 Å². The Morgan fingerprint density at radius 2 is 2.17 bits per heavy atom. The van der Waals surface area contributed by atoms with Crippen molar-refractivity contribution in [1.82, 2.24) is 14.5 Å². The van der Waals surface area contributed by atoms with Crippen LogP contribution in [0.2, 0.25) is 0 Å². The predicted octanol–water partition coefficient (Wildman–Crippen LogP) is 0.785. The monoisotopic (exact) mass is 402 g/mol. The smallest absolute Gasteiger partial charge is 0.343 e. The van der Waals surface area contributed by atoms with Crippen molar-refractivity contribution >= 4 is 16.9 Å². The molecule has 1 atom stereocenters. The van der Waals surface area contributed by atoms with Crippen LogP contribution in [-0.2, 0) is 28.3 Å². The number of rotatable bonds is 1. The molecule has 30 heavy (non-hydrogen) atoms. The molecule has 0 saturated carbocycles. The maximum atomic E-state index is 13.1. The normalized spacial score (nSPS) is 18.8. The molecule has 0 unspecified atom stereocenters. The van der Waals surface area contributed by atoms with Crippen molar-refractivity contribution in [2.75, 3.05) is 6.54 Å². The van der Waals surface area contributed by atoms with Gasteiger partial charge in [-0.2, -0.15) is 0 Å². The summed E-state index contributed by atoms with van der Waals surface area (Å²) in [5.41, 5.74) is 7.27. The van der Waals surface area contributed by atoms with Crippen molar-refractivity contribution < 1.29 is 14.6 Å². The van der Waals surface area contributed by atoms with Gasteiger partial charge in [-0.3, -0.25) is 4.79 Å². The van der Waals surface area contributed by atoms with E-state index in [9.17, 15) is 14.7 Å². The summed E-state index contributed by atoms with van der Waals surface area (Å²) in [5.74, 6) is 4.95. The van der Waals surface area contributed by atoms with E-state index in [1.165, 1.54) is 0 Å². The maximum absolute atomic E-state index is 13.1. The van der Waals surface area contributed by atoms with Gasteiger partial charge in [-0.1, -0.05) is 12.8 Å². The molecule has 2 aliphatic rings. The minimum Gasteiger partial charge on any atom is -0.458 e. The molecule has 2 aliphatic heterocycles. The molecule has 8 nitrogen and oxygen atoms in total. The van der Waals surface area contributed by atoms with E-state index >= 15 is 0 Å². The molecule has 3 N–H and O–H groups in total. The van der Waals surface area contributed by atoms with Gasteiger partial charge in [0.05, 0.1) is 41.8 Å². The first-order valence-corrected chi connectivity index (χ1v) is 9.62. The Hall–Kier alpha value is -3.54. The number of nitrogens with two attached hydrogens (primary N) is 1. The van der Waals surface area contributed by atoms with E-state index in [4.69, 9.17) is 15.5 Å². The lowest BCUT2D eigenvalue weighted by Gasteiger charge is -2.31. The number of hydrogen-bond acceptors (Lipinski definition) is 7. The van der Waals surface area contributed by atoms with Gasteiger partial charge in [-0.25, -0.2) is 14.8 Å². The second-order valence-electron chi connectivity index (χ2n) is 7.37. The van der Waals surface area contributed by atoms with Gasteiger partial charge >= 0.3 is 5.97 Å². The van der Waals surface area contributed by atoms with Gasteiger partial charge in [0.15, 0.2) is 5.60 Å². The minimum absolute atomic E-state index is 0.107. The Kier molecular flexibility index (Phi) is 4.00. The number of aliphatic hydroxyl groups is 1. The van der Waals surface area contributed by atoms with Crippen molar-refractivity contribution in [2.45, 2.75) is 32.1 Å². The van der Waals surface area contributed by atoms with Crippen molar-refractivity contribution in [2.24, 2.45) is 5.73 Å². The van der Waals surface area contributed by atoms with Crippen LogP contribution >= 0.6 is 0 Å². The van der Waals surface area contributed by atoms with Gasteiger partial charge in [0.1, 0.15) is 12.3 Å². The SMILES string of the molecule is CC[C@@]1(O)C(=O)OCc2c1cc1n(c2=O)Cc2cc3cc(C#CCN)ncc3nc2-1. The molecule has 150 valence electrons. The number of hydrogen-bond donors (Lipinski definition) is 2. The fourth-order valence-electron chi connectivity index (χ4n) is 4.10. The first kappa shape index (κ1) is 18.5. The highest BCUT2D eigenvalue weighted by atomic mass is 16.6. The third kappa shape index (κ3) is 2.49. The van der Waals surface area contributed by atoms with Crippen LogP contribution in [0.1, 0.15) is 35.7 Å². The molecule has 0 radical (unpaired) electrons. The number of pyridine rings is 3. The van der Waals surface area contributed by atoms with E-state index in [0.29, 0.717) is 40.3 Å². The topological polar surface area (TPSA) is 120 Å². The van der Waals surface area contributed by atoms with E-state index in [2.05, 4.69) is 16.8 Å². The van der Waals surface area contributed by atoms with Crippen LogP contribution in [0.25, 0.3) is 22.3 Å². The Labute approximate surface area is 171 Å². The molecule has 0 aromatic carbocycles. The second kappa shape index (κ2) is 6.49. The van der Waals surface area contributed by atoms with Gasteiger partial charge in [-0.05, 0) is 30.5 Å². The van der Waals surface area contributed by atoms with Crippen LogP contribution in [0.15, 0.2) is 29.2 Å². The van der Waals surface area contributed by atoms with E-state index in [0.717, 1.165) is 10.9 Å². The van der Waals surface area contributed by atoms with Crippen molar-refractivity contribution in [3.8, 4) is 23.2 Å². The van der Waals surface area contributed by atoms with Crippen LogP contribution in [0.3, 0.4) is 0 Å². The standard InChI is InChI=1S/C22H18N4O4/c1-2-22(29)16-8-18-19-13(10-26(18)20(27)15(16)11-30-21(22)28)6-12-7-14(4-3-5-23)24-9-17(12)25-19/h6-9,29H,2,5,10-11,23H2,1H3/t22-/m0/s1. The number of ether oxygens (including phenoxy) is 1. The fourth-order valence-corrected chi connectivity index (χ4v) is 4.10. The second-order valence-corrected chi connectivity index (χ2v) is 7.37. The lowest BCUT2D eigenvalue weighted by molar-refractivity contribution is -0.172. The summed E-state index contributed by atoms with van der Waals surface area (Å²) >= 11 is 0. The highest BCUT2D eigenvalue weighted by Crippen LogP contribution is 2.38. The van der Waals surface area contributed by atoms with Crippen LogP contribution in [-0.4, -0.2) is 32.2 Å². The number of fused-ring (bicyclic) bond motifs is 5. The van der Waals surface area contributed by atoms with E-state index in [-0.39, 0.29) is 25.1 Å². The first-order valence-electron chi connectivity index (χ1n) is 9.62. The van der Waals surface area contributed by atoms with Crippen LogP contribution in [0, 0.1) is 11.8 Å². The van der Waals surface area contributed by atoms with Gasteiger partial charge < -0.3 is 20.1 Å². The molecule has 0 amide bonds. The Balaban J connectivity index is 1.71. The maximum Gasteiger partial charge on any atom is 0.343 e. The fraction of sp³-hybridized carbons (Fsp3) is 0.273. The summed E-state index contributed by atoms with van der Waals surface area (Å²) in [6.45, 7) is 2.14. The van der Waals surface area contributed by atoms with Gasteiger partial charge in [0, 0.05) is 16.5 Å². The lowest BCUT2D eigenvalue weighted by Crippen LogP contribution is -2.44. The van der Waals surface area contributed by atoms with Gasteiger partial charge in [0.25, 0.3) is 5.56 Å². The number of aromatic nitrogens is 3. The predicted molar refractivity (Wildman–Crippen MR) is 108 cm³/mol. The number of esters is 1. The molecule has 5 rings (SSSR count). The van der Waals surface area contributed by atoms with Crippen LogP contribution in [0.5, 0.6) is 0 Å². The number of carbonyl (C=O) groups excluding carboxylic acids is 1. The highest BCUT2D eigenvalue weighted by Gasteiger charge is 2.45. The van der Waals surface area contributed by atoms with Gasteiger partial charge in [0.2, 0.25) is 0 Å². The van der Waals surface area contributed by atoms with E-state index in [1.807, 2.05) is 12.1 Å². The number of nitrogens with zero attached hydrogens (tertiary/aromatic N) is 3. The average Bonchev–Trinajstić information content (AvgIpc) is 3.11. The molecule has 0 bridgehead atoms. The lowest BCUT2D eigenvalue weighted by atomic mass is 9.86. The molecule has 0 spiro atoms. The largest absolute Gasteiger partial charge is 0.458 e. The van der Waals surface area contributed by atoms with Crippen molar-refractivity contribution in [3.05, 3.63) is 57.1 Å². The van der Waals surface area contributed by atoms with Crippen LogP contribution in [0.4, 0.5) is 0 Å². The molecular formula is C22H18N4O4. The summed E-state index contributed by atoms with van der Waals surface area (Å²) in [5, 5.41) is 11.8. The molecule has 5 heterocycles. The Morgan fingerprint density at radius 3 is 2.93 bits per heavy atom. The summed E-state index contributed by atoms with van der Waals surface area (Å²) in [6.07, 6.45) is 1.74. The zero-order valence-electron chi connectivity index (χ0n) is 16.2. The molecule has 3 aromatic heterocycles. The molecule has 3 aromatic rings. The quantitative estimate of drug-likeness (QED) is 0.357. The van der Waals surface area contributed by atoms with Crippen molar-refractivity contribution in [1.29, 1.82) is 0 Å². The average molecular weight is 402 g/mol. The first-order chi connectivity index (χ1) is 14.5. The summed E-state index contributed by atoms with van der Waals surface area (Å²) in [4.78, 5) is 34.4.